The minimum absolute atomic E-state index is 0.167. The first-order valence-electron chi connectivity index (χ1n) is 7.88. The predicted octanol–water partition coefficient (Wildman–Crippen LogP) is 4.26. The molecule has 0 spiro atoms. The maximum Gasteiger partial charge on any atom is 0.139 e. The Labute approximate surface area is 146 Å². The fraction of sp³-hybridized carbons (Fsp3) is 0.471. The molecule has 0 bridgehead atoms. The number of rotatable bonds is 3. The zero-order valence-corrected chi connectivity index (χ0v) is 15.7. The van der Waals surface area contributed by atoms with Gasteiger partial charge in [-0.05, 0) is 47.0 Å². The number of aromatic nitrogens is 1. The highest BCUT2D eigenvalue weighted by molar-refractivity contribution is 9.10. The molecule has 3 rings (SSSR count). The van der Waals surface area contributed by atoms with Crippen molar-refractivity contribution < 1.29 is 8.60 Å². The lowest BCUT2D eigenvalue weighted by Crippen LogP contribution is -2.53. The number of fused-ring (bicyclic) bond motifs is 1. The van der Waals surface area contributed by atoms with Crippen molar-refractivity contribution in [2.24, 2.45) is 0 Å². The summed E-state index contributed by atoms with van der Waals surface area (Å²) in [6, 6.07) is 7.14. The second-order valence-corrected chi connectivity index (χ2v) is 8.81. The Morgan fingerprint density at radius 1 is 1.35 bits per heavy atom. The number of anilines is 1. The van der Waals surface area contributed by atoms with Crippen LogP contribution >= 0.6 is 15.9 Å². The Morgan fingerprint density at radius 2 is 2.09 bits per heavy atom. The molecule has 1 saturated heterocycles. The fourth-order valence-corrected chi connectivity index (χ4v) is 5.31. The highest BCUT2D eigenvalue weighted by Crippen LogP contribution is 2.31. The molecule has 1 unspecified atom stereocenters. The van der Waals surface area contributed by atoms with E-state index in [0.717, 1.165) is 37.1 Å². The van der Waals surface area contributed by atoms with Crippen molar-refractivity contribution in [1.82, 2.24) is 4.98 Å². The molecule has 0 N–H and O–H groups in total. The Hall–Kier alpha value is -1.01. The van der Waals surface area contributed by atoms with Gasteiger partial charge in [0.2, 0.25) is 0 Å². The van der Waals surface area contributed by atoms with Crippen LogP contribution in [0.2, 0.25) is 0 Å². The third-order valence-corrected chi connectivity index (χ3v) is 7.67. The minimum Gasteiger partial charge on any atom is -0.354 e. The first-order valence-corrected chi connectivity index (χ1v) is 9.99. The lowest BCUT2D eigenvalue weighted by molar-refractivity contribution is 0.494. The zero-order chi connectivity index (χ0) is 16.6. The molecule has 1 atom stereocenters. The second-order valence-electron chi connectivity index (χ2n) is 5.99. The number of halogens is 2. The highest BCUT2D eigenvalue weighted by Gasteiger charge is 2.39. The van der Waals surface area contributed by atoms with Crippen molar-refractivity contribution in [2.75, 3.05) is 23.7 Å². The Kier molecular flexibility index (Phi) is 4.74. The maximum atomic E-state index is 13.8. The summed E-state index contributed by atoms with van der Waals surface area (Å²) in [6.07, 6.45) is 1.78. The van der Waals surface area contributed by atoms with Crippen LogP contribution in [0.3, 0.4) is 0 Å². The minimum atomic E-state index is -0.801. The smallest absolute Gasteiger partial charge is 0.139 e. The van der Waals surface area contributed by atoms with E-state index in [-0.39, 0.29) is 10.6 Å². The number of nitrogens with zero attached hydrogens (tertiary/aromatic N) is 2. The summed E-state index contributed by atoms with van der Waals surface area (Å²) in [7, 11) is -0.801. The van der Waals surface area contributed by atoms with Gasteiger partial charge >= 0.3 is 0 Å². The SMILES string of the molecule is CCC1(CC)CN(c2ccc3cc(Br)c(F)cc3n2)CCS1=O. The molecule has 3 nitrogen and oxygen atoms in total. The van der Waals surface area contributed by atoms with E-state index in [9.17, 15) is 8.60 Å². The van der Waals surface area contributed by atoms with Crippen molar-refractivity contribution in [3.63, 3.8) is 0 Å². The summed E-state index contributed by atoms with van der Waals surface area (Å²) in [5, 5.41) is 0.903. The largest absolute Gasteiger partial charge is 0.354 e. The molecule has 1 aliphatic rings. The van der Waals surface area contributed by atoms with Gasteiger partial charge in [-0.15, -0.1) is 0 Å². The number of pyridine rings is 1. The van der Waals surface area contributed by atoms with Gasteiger partial charge in [0, 0.05) is 41.1 Å². The molecule has 0 radical (unpaired) electrons. The van der Waals surface area contributed by atoms with Crippen molar-refractivity contribution >= 4 is 43.5 Å². The third kappa shape index (κ3) is 3.03. The molecule has 0 aliphatic carbocycles. The van der Waals surface area contributed by atoms with Gasteiger partial charge in [-0.1, -0.05) is 13.8 Å². The van der Waals surface area contributed by atoms with Gasteiger partial charge in [0.25, 0.3) is 0 Å². The third-order valence-electron chi connectivity index (χ3n) is 4.84. The van der Waals surface area contributed by atoms with E-state index in [1.54, 1.807) is 6.07 Å². The molecule has 23 heavy (non-hydrogen) atoms. The molecule has 1 fully saturated rings. The topological polar surface area (TPSA) is 33.2 Å². The predicted molar refractivity (Wildman–Crippen MR) is 97.9 cm³/mol. The van der Waals surface area contributed by atoms with Crippen LogP contribution in [0.4, 0.5) is 10.2 Å². The molecule has 0 saturated carbocycles. The number of hydrogen-bond acceptors (Lipinski definition) is 3. The number of hydrogen-bond donors (Lipinski definition) is 0. The van der Waals surface area contributed by atoms with Gasteiger partial charge < -0.3 is 4.90 Å². The van der Waals surface area contributed by atoms with E-state index in [1.807, 2.05) is 12.1 Å². The van der Waals surface area contributed by atoms with Crippen LogP contribution in [-0.4, -0.2) is 32.8 Å². The second kappa shape index (κ2) is 6.48. The lowest BCUT2D eigenvalue weighted by atomic mass is 10.0. The first kappa shape index (κ1) is 16.8. The molecule has 1 aliphatic heterocycles. The average Bonchev–Trinajstić information content (AvgIpc) is 2.56. The van der Waals surface area contributed by atoms with Crippen LogP contribution in [0, 0.1) is 5.82 Å². The molecule has 2 heterocycles. The monoisotopic (exact) mass is 398 g/mol. The normalized spacial score (nSPS) is 20.9. The van der Waals surface area contributed by atoms with Crippen LogP contribution in [0.5, 0.6) is 0 Å². The summed E-state index contributed by atoms with van der Waals surface area (Å²) in [6.45, 7) is 5.67. The van der Waals surface area contributed by atoms with Crippen molar-refractivity contribution in [3.05, 3.63) is 34.6 Å². The first-order chi connectivity index (χ1) is 11.0. The molecule has 1 aromatic heterocycles. The van der Waals surface area contributed by atoms with Crippen LogP contribution in [0.15, 0.2) is 28.7 Å². The highest BCUT2D eigenvalue weighted by atomic mass is 79.9. The van der Waals surface area contributed by atoms with Crippen LogP contribution < -0.4 is 4.90 Å². The van der Waals surface area contributed by atoms with Gasteiger partial charge in [0.1, 0.15) is 11.6 Å². The molecular formula is C17H20BrFN2OS. The summed E-state index contributed by atoms with van der Waals surface area (Å²) in [5.41, 5.74) is 0.647. The van der Waals surface area contributed by atoms with E-state index >= 15 is 0 Å². The maximum absolute atomic E-state index is 13.8. The summed E-state index contributed by atoms with van der Waals surface area (Å²) < 4.78 is 26.5. The molecule has 2 aromatic rings. The van der Waals surface area contributed by atoms with Crippen molar-refractivity contribution in [1.29, 1.82) is 0 Å². The van der Waals surface area contributed by atoms with Gasteiger partial charge in [0.05, 0.1) is 14.7 Å². The summed E-state index contributed by atoms with van der Waals surface area (Å²) >= 11 is 3.20. The van der Waals surface area contributed by atoms with Gasteiger partial charge in [-0.2, -0.15) is 0 Å². The Bertz CT molecular complexity index is 764. The van der Waals surface area contributed by atoms with Crippen LogP contribution in [0.1, 0.15) is 26.7 Å². The summed E-state index contributed by atoms with van der Waals surface area (Å²) in [4.78, 5) is 6.81. The lowest BCUT2D eigenvalue weighted by Gasteiger charge is -2.41. The van der Waals surface area contributed by atoms with E-state index in [0.29, 0.717) is 15.7 Å². The zero-order valence-electron chi connectivity index (χ0n) is 13.3. The van der Waals surface area contributed by atoms with Gasteiger partial charge in [-0.3, -0.25) is 4.21 Å². The standard InChI is InChI=1S/C17H20BrFN2OS/c1-3-17(4-2)11-21(7-8-23(17)22)16-6-5-12-9-13(18)14(19)10-15(12)20-16/h5-6,9-10H,3-4,7-8,11H2,1-2H3. The van der Waals surface area contributed by atoms with Crippen molar-refractivity contribution in [3.8, 4) is 0 Å². The van der Waals surface area contributed by atoms with Gasteiger partial charge in [-0.25, -0.2) is 9.37 Å². The molecular weight excluding hydrogens is 379 g/mol. The molecule has 6 heteroatoms. The van der Waals surface area contributed by atoms with Crippen LogP contribution in [-0.2, 0) is 10.8 Å². The Morgan fingerprint density at radius 3 is 2.78 bits per heavy atom. The van der Waals surface area contributed by atoms with Crippen molar-refractivity contribution in [2.45, 2.75) is 31.4 Å². The fourth-order valence-electron chi connectivity index (χ4n) is 3.18. The van der Waals surface area contributed by atoms with Gasteiger partial charge in [0.15, 0.2) is 0 Å². The summed E-state index contributed by atoms with van der Waals surface area (Å²) in [5.74, 6) is 1.19. The van der Waals surface area contributed by atoms with Crippen LogP contribution in [0.25, 0.3) is 10.9 Å². The Balaban J connectivity index is 1.97. The quantitative estimate of drug-likeness (QED) is 0.773. The van der Waals surface area contributed by atoms with E-state index < -0.39 is 10.8 Å². The number of benzene rings is 1. The van der Waals surface area contributed by atoms with E-state index in [2.05, 4.69) is 39.7 Å². The molecule has 0 amide bonds. The molecule has 1 aromatic carbocycles. The average molecular weight is 399 g/mol. The van der Waals surface area contributed by atoms with E-state index in [4.69, 9.17) is 0 Å². The van der Waals surface area contributed by atoms with E-state index in [1.165, 1.54) is 6.07 Å². The molecule has 124 valence electrons.